The van der Waals surface area contributed by atoms with Gasteiger partial charge in [-0.25, -0.2) is 9.97 Å². The van der Waals surface area contributed by atoms with E-state index in [9.17, 15) is 4.79 Å². The Kier molecular flexibility index (Phi) is 7.33. The predicted octanol–water partition coefficient (Wildman–Crippen LogP) is 4.25. The van der Waals surface area contributed by atoms with Crippen molar-refractivity contribution >= 4 is 55.3 Å². The van der Waals surface area contributed by atoms with Crippen molar-refractivity contribution in [3.63, 3.8) is 0 Å². The standard InChI is InChI=1S/C26H27BrN6O2S/c1-17-2-4-18(5-3-17)6-11-21-29-23-24(30-26(28)31-25(23)36-21)33-14-12-32(13-15-33)22(34)16-35-20-9-7-19(27)8-10-20/h2-5,7-10H,6,11-16H2,1H3,(H2,28,30,31). The van der Waals surface area contributed by atoms with Crippen molar-refractivity contribution in [3.8, 4) is 5.75 Å². The maximum atomic E-state index is 12.7. The van der Waals surface area contributed by atoms with Crippen molar-refractivity contribution in [3.05, 3.63) is 69.1 Å². The van der Waals surface area contributed by atoms with Crippen LogP contribution >= 0.6 is 27.3 Å². The molecule has 1 amide bonds. The van der Waals surface area contributed by atoms with Crippen LogP contribution in [0.15, 0.2) is 53.0 Å². The summed E-state index contributed by atoms with van der Waals surface area (Å²) in [5, 5.41) is 1.02. The number of halogens is 1. The molecule has 0 saturated carbocycles. The fourth-order valence-electron chi connectivity index (χ4n) is 4.14. The van der Waals surface area contributed by atoms with E-state index in [-0.39, 0.29) is 18.5 Å². The topological polar surface area (TPSA) is 97.5 Å². The highest BCUT2D eigenvalue weighted by molar-refractivity contribution is 9.10. The molecule has 0 aliphatic carbocycles. The predicted molar refractivity (Wildman–Crippen MR) is 147 cm³/mol. The second-order valence-corrected chi connectivity index (χ2v) is 10.7. The summed E-state index contributed by atoms with van der Waals surface area (Å²) < 4.78 is 6.62. The van der Waals surface area contributed by atoms with Crippen molar-refractivity contribution in [2.24, 2.45) is 0 Å². The Balaban J connectivity index is 1.22. The lowest BCUT2D eigenvalue weighted by atomic mass is 10.1. The minimum Gasteiger partial charge on any atom is -0.484 e. The lowest BCUT2D eigenvalue weighted by Crippen LogP contribution is -2.50. The van der Waals surface area contributed by atoms with Gasteiger partial charge in [-0.15, -0.1) is 0 Å². The molecular formula is C26H27BrN6O2S. The molecule has 1 saturated heterocycles. The number of amides is 1. The number of hydrogen-bond acceptors (Lipinski definition) is 8. The number of thiazole rings is 1. The van der Waals surface area contributed by atoms with Gasteiger partial charge < -0.3 is 20.3 Å². The Morgan fingerprint density at radius 2 is 1.72 bits per heavy atom. The first-order valence-electron chi connectivity index (χ1n) is 11.8. The number of nitrogens with zero attached hydrogens (tertiary/aromatic N) is 5. The SMILES string of the molecule is Cc1ccc(CCc2nc3c(N4CCN(C(=O)COc5ccc(Br)cc5)CC4)nc(N)nc3s2)cc1. The van der Waals surface area contributed by atoms with Gasteiger partial charge in [0.15, 0.2) is 17.3 Å². The van der Waals surface area contributed by atoms with Gasteiger partial charge in [-0.3, -0.25) is 4.79 Å². The molecule has 5 rings (SSSR count). The molecule has 1 fully saturated rings. The summed E-state index contributed by atoms with van der Waals surface area (Å²) >= 11 is 4.97. The summed E-state index contributed by atoms with van der Waals surface area (Å²) in [5.41, 5.74) is 9.37. The van der Waals surface area contributed by atoms with E-state index < -0.39 is 0 Å². The van der Waals surface area contributed by atoms with Crippen molar-refractivity contribution in [1.29, 1.82) is 0 Å². The maximum Gasteiger partial charge on any atom is 0.260 e. The largest absolute Gasteiger partial charge is 0.484 e. The highest BCUT2D eigenvalue weighted by Crippen LogP contribution is 2.30. The average Bonchev–Trinajstić information content (AvgIpc) is 3.30. The van der Waals surface area contributed by atoms with Gasteiger partial charge in [0.05, 0.1) is 5.01 Å². The summed E-state index contributed by atoms with van der Waals surface area (Å²) in [6.45, 7) is 4.56. The van der Waals surface area contributed by atoms with Gasteiger partial charge in [-0.05, 0) is 43.2 Å². The van der Waals surface area contributed by atoms with Gasteiger partial charge in [-0.1, -0.05) is 57.1 Å². The van der Waals surface area contributed by atoms with Crippen LogP contribution in [0.5, 0.6) is 5.75 Å². The van der Waals surface area contributed by atoms with E-state index in [1.54, 1.807) is 11.3 Å². The number of aryl methyl sites for hydroxylation is 3. The number of carbonyl (C=O) groups excluding carboxylic acids is 1. The Labute approximate surface area is 222 Å². The smallest absolute Gasteiger partial charge is 0.260 e. The molecule has 8 nitrogen and oxygen atoms in total. The van der Waals surface area contributed by atoms with Crippen LogP contribution in [-0.2, 0) is 17.6 Å². The fraction of sp³-hybridized carbons (Fsp3) is 0.308. The highest BCUT2D eigenvalue weighted by atomic mass is 79.9. The minimum absolute atomic E-state index is 0.0166. The summed E-state index contributed by atoms with van der Waals surface area (Å²) in [7, 11) is 0. The van der Waals surface area contributed by atoms with Crippen LogP contribution in [0.3, 0.4) is 0 Å². The van der Waals surface area contributed by atoms with Gasteiger partial charge in [0.2, 0.25) is 5.95 Å². The third kappa shape index (κ3) is 5.76. The molecule has 0 spiro atoms. The number of nitrogen functional groups attached to an aromatic ring is 1. The first-order chi connectivity index (χ1) is 17.4. The molecule has 10 heteroatoms. The van der Waals surface area contributed by atoms with Crippen molar-refractivity contribution in [2.45, 2.75) is 19.8 Å². The molecule has 2 aromatic carbocycles. The number of anilines is 2. The number of ether oxygens (including phenoxy) is 1. The zero-order chi connectivity index (χ0) is 25.1. The normalized spacial score (nSPS) is 13.8. The third-order valence-corrected chi connectivity index (χ3v) is 7.70. The van der Waals surface area contributed by atoms with Gasteiger partial charge in [0.25, 0.3) is 5.91 Å². The summed E-state index contributed by atoms with van der Waals surface area (Å²) in [6, 6.07) is 16.0. The number of benzene rings is 2. The molecule has 0 radical (unpaired) electrons. The molecule has 2 aromatic heterocycles. The summed E-state index contributed by atoms with van der Waals surface area (Å²) in [6.07, 6.45) is 1.76. The van der Waals surface area contributed by atoms with Gasteiger partial charge >= 0.3 is 0 Å². The van der Waals surface area contributed by atoms with E-state index in [0.29, 0.717) is 31.9 Å². The molecule has 0 unspecified atom stereocenters. The molecule has 1 aliphatic heterocycles. The van der Waals surface area contributed by atoms with Crippen LogP contribution in [-0.4, -0.2) is 58.5 Å². The van der Waals surface area contributed by atoms with Crippen LogP contribution < -0.4 is 15.4 Å². The molecule has 4 aromatic rings. The van der Waals surface area contributed by atoms with Crippen LogP contribution in [0.4, 0.5) is 11.8 Å². The van der Waals surface area contributed by atoms with E-state index in [4.69, 9.17) is 15.5 Å². The zero-order valence-corrected chi connectivity index (χ0v) is 22.4. The average molecular weight is 568 g/mol. The Bertz CT molecular complexity index is 1350. The van der Waals surface area contributed by atoms with Crippen LogP contribution in [0.1, 0.15) is 16.1 Å². The molecule has 0 bridgehead atoms. The second-order valence-electron chi connectivity index (χ2n) is 8.76. The minimum atomic E-state index is -0.0306. The van der Waals surface area contributed by atoms with Crippen LogP contribution in [0.2, 0.25) is 0 Å². The van der Waals surface area contributed by atoms with E-state index in [0.717, 1.165) is 38.5 Å². The van der Waals surface area contributed by atoms with Crippen LogP contribution in [0.25, 0.3) is 10.3 Å². The van der Waals surface area contributed by atoms with Gasteiger partial charge in [0, 0.05) is 37.1 Å². The summed E-state index contributed by atoms with van der Waals surface area (Å²) in [5.74, 6) is 1.63. The Morgan fingerprint density at radius 1 is 1.00 bits per heavy atom. The molecule has 2 N–H and O–H groups in total. The molecule has 1 aliphatic rings. The van der Waals surface area contributed by atoms with E-state index >= 15 is 0 Å². The first-order valence-corrected chi connectivity index (χ1v) is 13.4. The second kappa shape index (κ2) is 10.8. The number of hydrogen-bond donors (Lipinski definition) is 1. The molecular weight excluding hydrogens is 540 g/mol. The zero-order valence-electron chi connectivity index (χ0n) is 20.0. The lowest BCUT2D eigenvalue weighted by Gasteiger charge is -2.35. The van der Waals surface area contributed by atoms with E-state index in [1.807, 2.05) is 29.2 Å². The molecule has 3 heterocycles. The number of nitrogens with two attached hydrogens (primary N) is 1. The number of aromatic nitrogens is 3. The monoisotopic (exact) mass is 566 g/mol. The molecule has 0 atom stereocenters. The third-order valence-electron chi connectivity index (χ3n) is 6.16. The fourth-order valence-corrected chi connectivity index (χ4v) is 5.34. The maximum absolute atomic E-state index is 12.7. The van der Waals surface area contributed by atoms with E-state index in [2.05, 4.69) is 62.0 Å². The number of carbonyl (C=O) groups is 1. The van der Waals surface area contributed by atoms with E-state index in [1.165, 1.54) is 11.1 Å². The van der Waals surface area contributed by atoms with Crippen molar-refractivity contribution in [1.82, 2.24) is 19.9 Å². The lowest BCUT2D eigenvalue weighted by molar-refractivity contribution is -0.133. The molecule has 36 heavy (non-hydrogen) atoms. The number of piperazine rings is 1. The Morgan fingerprint density at radius 3 is 2.44 bits per heavy atom. The summed E-state index contributed by atoms with van der Waals surface area (Å²) in [4.78, 5) is 31.3. The van der Waals surface area contributed by atoms with Crippen LogP contribution in [0, 0.1) is 6.92 Å². The van der Waals surface area contributed by atoms with Crippen molar-refractivity contribution in [2.75, 3.05) is 43.4 Å². The van der Waals surface area contributed by atoms with Crippen molar-refractivity contribution < 1.29 is 9.53 Å². The first kappa shape index (κ1) is 24.5. The molecule has 186 valence electrons. The Hall–Kier alpha value is -3.24. The highest BCUT2D eigenvalue weighted by Gasteiger charge is 2.25. The quantitative estimate of drug-likeness (QED) is 0.357. The number of fused-ring (bicyclic) bond motifs is 1. The number of rotatable bonds is 7. The van der Waals surface area contributed by atoms with Gasteiger partial charge in [-0.2, -0.15) is 4.98 Å². The van der Waals surface area contributed by atoms with Gasteiger partial charge in [0.1, 0.15) is 11.3 Å².